The fourth-order valence-electron chi connectivity index (χ4n) is 1.63. The van der Waals surface area contributed by atoms with E-state index in [2.05, 4.69) is 6.58 Å². The fraction of sp³-hybridized carbons (Fsp3) is 0.375. The summed E-state index contributed by atoms with van der Waals surface area (Å²) in [5.41, 5.74) is 0.973. The Labute approximate surface area is 124 Å². The maximum absolute atomic E-state index is 10.8. The van der Waals surface area contributed by atoms with Gasteiger partial charge >= 0.3 is 11.9 Å². The Morgan fingerprint density at radius 2 is 1.81 bits per heavy atom. The number of ether oxygens (including phenoxy) is 2. The van der Waals surface area contributed by atoms with Gasteiger partial charge < -0.3 is 14.6 Å². The van der Waals surface area contributed by atoms with Crippen molar-refractivity contribution in [2.75, 3.05) is 13.2 Å². The van der Waals surface area contributed by atoms with Gasteiger partial charge in [0.1, 0.15) is 5.75 Å². The summed E-state index contributed by atoms with van der Waals surface area (Å²) in [5, 5.41) is 8.61. The first-order valence-electron chi connectivity index (χ1n) is 6.84. The van der Waals surface area contributed by atoms with E-state index in [1.165, 1.54) is 0 Å². The lowest BCUT2D eigenvalue weighted by Gasteiger charge is -2.07. The largest absolute Gasteiger partial charge is 0.494 e. The molecule has 0 fully saturated rings. The lowest BCUT2D eigenvalue weighted by molar-refractivity contribution is -0.138. The van der Waals surface area contributed by atoms with E-state index in [9.17, 15) is 9.59 Å². The zero-order chi connectivity index (χ0) is 15.5. The molecule has 1 N–H and O–H groups in total. The molecule has 5 nitrogen and oxygen atoms in total. The highest BCUT2D eigenvalue weighted by atomic mass is 16.5. The third-order valence-corrected chi connectivity index (χ3v) is 2.77. The number of rotatable bonds is 10. The van der Waals surface area contributed by atoms with Crippen LogP contribution in [0, 0.1) is 0 Å². The van der Waals surface area contributed by atoms with Crippen molar-refractivity contribution in [2.24, 2.45) is 0 Å². The Morgan fingerprint density at radius 1 is 1.14 bits per heavy atom. The molecule has 0 spiro atoms. The van der Waals surface area contributed by atoms with Crippen LogP contribution in [0.3, 0.4) is 0 Å². The molecular weight excluding hydrogens is 272 g/mol. The number of unbranched alkanes of at least 4 members (excludes halogenated alkanes) is 1. The van der Waals surface area contributed by atoms with Gasteiger partial charge in [0.05, 0.1) is 13.2 Å². The van der Waals surface area contributed by atoms with E-state index in [0.29, 0.717) is 19.6 Å². The number of esters is 1. The molecule has 0 unspecified atom stereocenters. The molecule has 0 saturated heterocycles. The molecule has 0 aliphatic rings. The van der Waals surface area contributed by atoms with E-state index >= 15 is 0 Å². The first-order chi connectivity index (χ1) is 10.1. The summed E-state index contributed by atoms with van der Waals surface area (Å²) in [6.07, 6.45) is 3.30. The van der Waals surface area contributed by atoms with Crippen molar-refractivity contribution in [1.82, 2.24) is 0 Å². The van der Waals surface area contributed by atoms with Crippen LogP contribution in [0.15, 0.2) is 36.9 Å². The van der Waals surface area contributed by atoms with Crippen LogP contribution in [0.25, 0.3) is 0 Å². The molecule has 0 heterocycles. The summed E-state index contributed by atoms with van der Waals surface area (Å²) in [6.45, 7) is 4.22. The molecule has 114 valence electrons. The molecule has 1 aromatic carbocycles. The van der Waals surface area contributed by atoms with Crippen LogP contribution in [-0.4, -0.2) is 30.3 Å². The summed E-state index contributed by atoms with van der Waals surface area (Å²) in [5.74, 6) is -0.461. The maximum atomic E-state index is 10.8. The smallest absolute Gasteiger partial charge is 0.330 e. The molecular formula is C16H20O5. The van der Waals surface area contributed by atoms with Gasteiger partial charge in [-0.05, 0) is 37.0 Å². The highest BCUT2D eigenvalue weighted by Crippen LogP contribution is 2.13. The van der Waals surface area contributed by atoms with Crippen LogP contribution in [0.4, 0.5) is 0 Å². The topological polar surface area (TPSA) is 72.8 Å². The van der Waals surface area contributed by atoms with Gasteiger partial charge in [-0.1, -0.05) is 18.7 Å². The Morgan fingerprint density at radius 3 is 2.43 bits per heavy atom. The van der Waals surface area contributed by atoms with Gasteiger partial charge in [-0.15, -0.1) is 0 Å². The molecule has 0 radical (unpaired) electrons. The first-order valence-corrected chi connectivity index (χ1v) is 6.84. The van der Waals surface area contributed by atoms with Crippen molar-refractivity contribution in [2.45, 2.75) is 25.7 Å². The highest BCUT2D eigenvalue weighted by Gasteiger charge is 2.00. The minimum absolute atomic E-state index is 0.129. The fourth-order valence-corrected chi connectivity index (χ4v) is 1.63. The Hall–Kier alpha value is -2.30. The summed E-state index contributed by atoms with van der Waals surface area (Å²) in [7, 11) is 0. The molecule has 5 heteroatoms. The summed E-state index contributed by atoms with van der Waals surface area (Å²) >= 11 is 0. The number of carbonyl (C=O) groups excluding carboxylic acids is 1. The Kier molecular flexibility index (Phi) is 7.64. The molecule has 0 aliphatic heterocycles. The third-order valence-electron chi connectivity index (χ3n) is 2.77. The standard InChI is InChI=1S/C16H20O5/c1-2-16(19)21-12-4-3-11-20-14-8-5-13(6-9-14)7-10-15(17)18/h2,5-6,8-9H,1,3-4,7,10-12H2,(H,17,18). The number of carboxylic acids is 1. The molecule has 0 amide bonds. The van der Waals surface area contributed by atoms with E-state index in [1.807, 2.05) is 24.3 Å². The van der Waals surface area contributed by atoms with Gasteiger partial charge in [0.15, 0.2) is 0 Å². The zero-order valence-electron chi connectivity index (χ0n) is 11.9. The molecule has 0 atom stereocenters. The van der Waals surface area contributed by atoms with Crippen LogP contribution < -0.4 is 4.74 Å². The van der Waals surface area contributed by atoms with Crippen LogP contribution in [0.5, 0.6) is 5.75 Å². The number of hydrogen-bond acceptors (Lipinski definition) is 4. The number of hydrogen-bond donors (Lipinski definition) is 1. The summed E-state index contributed by atoms with van der Waals surface area (Å²) < 4.78 is 10.4. The van der Waals surface area contributed by atoms with Gasteiger partial charge in [-0.2, -0.15) is 0 Å². The third kappa shape index (κ3) is 7.77. The molecule has 1 aromatic rings. The summed E-state index contributed by atoms with van der Waals surface area (Å²) in [4.78, 5) is 21.3. The van der Waals surface area contributed by atoms with Crippen LogP contribution in [0.2, 0.25) is 0 Å². The van der Waals surface area contributed by atoms with Gasteiger partial charge in [-0.25, -0.2) is 4.79 Å². The molecule has 0 saturated carbocycles. The molecule has 21 heavy (non-hydrogen) atoms. The number of aryl methyl sites for hydroxylation is 1. The van der Waals surface area contributed by atoms with E-state index < -0.39 is 11.9 Å². The first kappa shape index (κ1) is 16.8. The van der Waals surface area contributed by atoms with Gasteiger partial charge in [0.25, 0.3) is 0 Å². The van der Waals surface area contributed by atoms with E-state index in [0.717, 1.165) is 30.2 Å². The van der Waals surface area contributed by atoms with Crippen LogP contribution >= 0.6 is 0 Å². The Balaban J connectivity index is 2.16. The SMILES string of the molecule is C=CC(=O)OCCCCOc1ccc(CCC(=O)O)cc1. The predicted octanol–water partition coefficient (Wildman–Crippen LogP) is 2.59. The predicted molar refractivity (Wildman–Crippen MR) is 78.3 cm³/mol. The van der Waals surface area contributed by atoms with Crippen molar-refractivity contribution >= 4 is 11.9 Å². The minimum Gasteiger partial charge on any atom is -0.494 e. The van der Waals surface area contributed by atoms with Crippen molar-refractivity contribution in [1.29, 1.82) is 0 Å². The lowest BCUT2D eigenvalue weighted by atomic mass is 10.1. The quantitative estimate of drug-likeness (QED) is 0.407. The maximum Gasteiger partial charge on any atom is 0.330 e. The number of carbonyl (C=O) groups is 2. The van der Waals surface area contributed by atoms with Gasteiger partial charge in [0, 0.05) is 12.5 Å². The normalized spacial score (nSPS) is 9.90. The highest BCUT2D eigenvalue weighted by molar-refractivity contribution is 5.81. The minimum atomic E-state index is -0.799. The molecule has 0 aromatic heterocycles. The molecule has 1 rings (SSSR count). The van der Waals surface area contributed by atoms with Gasteiger partial charge in [0.2, 0.25) is 0 Å². The number of carboxylic acid groups (broad SMARTS) is 1. The molecule has 0 bridgehead atoms. The van der Waals surface area contributed by atoms with Crippen molar-refractivity contribution in [3.63, 3.8) is 0 Å². The lowest BCUT2D eigenvalue weighted by Crippen LogP contribution is -2.04. The number of benzene rings is 1. The second-order valence-corrected chi connectivity index (χ2v) is 4.46. The van der Waals surface area contributed by atoms with Gasteiger partial charge in [-0.3, -0.25) is 4.79 Å². The average molecular weight is 292 g/mol. The van der Waals surface area contributed by atoms with E-state index in [1.54, 1.807) is 0 Å². The second-order valence-electron chi connectivity index (χ2n) is 4.46. The van der Waals surface area contributed by atoms with Crippen LogP contribution in [0.1, 0.15) is 24.8 Å². The van der Waals surface area contributed by atoms with E-state index in [4.69, 9.17) is 14.6 Å². The zero-order valence-corrected chi connectivity index (χ0v) is 11.9. The number of aliphatic carboxylic acids is 1. The van der Waals surface area contributed by atoms with Crippen LogP contribution in [-0.2, 0) is 20.7 Å². The van der Waals surface area contributed by atoms with Crippen molar-refractivity contribution < 1.29 is 24.2 Å². The summed E-state index contributed by atoms with van der Waals surface area (Å²) in [6, 6.07) is 7.39. The van der Waals surface area contributed by atoms with E-state index in [-0.39, 0.29) is 6.42 Å². The Bertz CT molecular complexity index is 464. The second kappa shape index (κ2) is 9.58. The molecule has 0 aliphatic carbocycles. The van der Waals surface area contributed by atoms with Crippen molar-refractivity contribution in [3.8, 4) is 5.75 Å². The van der Waals surface area contributed by atoms with Crippen molar-refractivity contribution in [3.05, 3.63) is 42.5 Å². The average Bonchev–Trinajstić information content (AvgIpc) is 2.49. The monoisotopic (exact) mass is 292 g/mol.